The van der Waals surface area contributed by atoms with Crippen LogP contribution in [-0.2, 0) is 0 Å². The average molecular weight is 443 g/mol. The Morgan fingerprint density at radius 1 is 1.21 bits per heavy atom. The number of hydrogen-bond donors (Lipinski definition) is 4. The number of carbonyl (C=O) groups is 1. The molecule has 0 radical (unpaired) electrons. The highest BCUT2D eigenvalue weighted by molar-refractivity contribution is 5.94. The summed E-state index contributed by atoms with van der Waals surface area (Å²) in [5.41, 5.74) is 9.31. The van der Waals surface area contributed by atoms with Crippen molar-refractivity contribution >= 4 is 34.7 Å². The highest BCUT2D eigenvalue weighted by Crippen LogP contribution is 2.31. The third-order valence-corrected chi connectivity index (χ3v) is 5.39. The van der Waals surface area contributed by atoms with Crippen LogP contribution in [0, 0.1) is 6.92 Å². The standard InChI is InChI=1S/C25H22N4O4/c1-13-9-17(14(2)28-19-6-4-3-5-16(19)25(31)32)23-18(10-13)21(30)11-22(33-23)20-8-7-15(12-26)24(27)29-20/h3-12,14,26,28H,1-2H3,(H2,27,29)(H,31,32)/p+1. The van der Waals surface area contributed by atoms with Crippen molar-refractivity contribution in [3.05, 3.63) is 87.1 Å². The number of nitrogen functional groups attached to an aromatic ring is 1. The molecule has 0 bridgehead atoms. The number of nitrogens with zero attached hydrogens (tertiary/aromatic N) is 1. The summed E-state index contributed by atoms with van der Waals surface area (Å²) >= 11 is 0. The molecule has 166 valence electrons. The predicted octanol–water partition coefficient (Wildman–Crippen LogP) is 2.79. The Kier molecular flexibility index (Phi) is 5.66. The van der Waals surface area contributed by atoms with Gasteiger partial charge in [0.1, 0.15) is 17.1 Å². The number of aromatic carboxylic acids is 1. The van der Waals surface area contributed by atoms with Gasteiger partial charge in [0.15, 0.2) is 17.4 Å². The van der Waals surface area contributed by atoms with Gasteiger partial charge in [-0.1, -0.05) is 18.2 Å². The first-order chi connectivity index (χ1) is 15.8. The number of aromatic nitrogens is 1. The summed E-state index contributed by atoms with van der Waals surface area (Å²) < 4.78 is 6.16. The number of benzene rings is 2. The third-order valence-electron chi connectivity index (χ3n) is 5.39. The largest absolute Gasteiger partial charge is 0.478 e. The highest BCUT2D eigenvalue weighted by Gasteiger charge is 2.19. The van der Waals surface area contributed by atoms with Gasteiger partial charge in [-0.25, -0.2) is 9.78 Å². The number of rotatable bonds is 6. The number of fused-ring (bicyclic) bond motifs is 1. The zero-order chi connectivity index (χ0) is 23.7. The van der Waals surface area contributed by atoms with Gasteiger partial charge in [-0.15, -0.1) is 0 Å². The second-order valence-electron chi connectivity index (χ2n) is 7.76. The van der Waals surface area contributed by atoms with Crippen LogP contribution in [-0.4, -0.2) is 22.3 Å². The molecule has 0 saturated heterocycles. The maximum Gasteiger partial charge on any atom is 0.337 e. The fraction of sp³-hybridized carbons (Fsp3) is 0.120. The van der Waals surface area contributed by atoms with E-state index in [0.717, 1.165) is 5.56 Å². The van der Waals surface area contributed by atoms with Gasteiger partial charge in [0.2, 0.25) is 0 Å². The molecule has 1 atom stereocenters. The van der Waals surface area contributed by atoms with Gasteiger partial charge >= 0.3 is 5.97 Å². The first-order valence-electron chi connectivity index (χ1n) is 10.3. The zero-order valence-electron chi connectivity index (χ0n) is 18.1. The van der Waals surface area contributed by atoms with E-state index in [-0.39, 0.29) is 28.6 Å². The lowest BCUT2D eigenvalue weighted by Gasteiger charge is -2.19. The first kappa shape index (κ1) is 21.8. The van der Waals surface area contributed by atoms with Gasteiger partial charge in [-0.3, -0.25) is 10.2 Å². The molecule has 2 aromatic heterocycles. The lowest BCUT2D eigenvalue weighted by atomic mass is 10.0. The summed E-state index contributed by atoms with van der Waals surface area (Å²) in [7, 11) is 0. The van der Waals surface area contributed by atoms with E-state index in [1.807, 2.05) is 19.9 Å². The molecule has 8 heteroatoms. The maximum absolute atomic E-state index is 13.0. The fourth-order valence-electron chi connectivity index (χ4n) is 3.75. The van der Waals surface area contributed by atoms with Crippen LogP contribution in [0.15, 0.2) is 63.8 Å². The first-order valence-corrected chi connectivity index (χ1v) is 10.3. The van der Waals surface area contributed by atoms with Crippen molar-refractivity contribution in [3.63, 3.8) is 0 Å². The monoisotopic (exact) mass is 443 g/mol. The Bertz CT molecular complexity index is 1460. The summed E-state index contributed by atoms with van der Waals surface area (Å²) in [5, 5.41) is 18.7. The molecule has 0 aliphatic carbocycles. The van der Waals surface area contributed by atoms with E-state index < -0.39 is 5.97 Å². The van der Waals surface area contributed by atoms with Crippen LogP contribution in [0.1, 0.15) is 40.0 Å². The van der Waals surface area contributed by atoms with Crippen molar-refractivity contribution in [3.8, 4) is 11.5 Å². The molecule has 6 N–H and O–H groups in total. The molecule has 0 saturated carbocycles. The van der Waals surface area contributed by atoms with E-state index in [9.17, 15) is 14.7 Å². The number of nitrogens with two attached hydrogens (primary N) is 2. The molecule has 2 aromatic carbocycles. The molecule has 4 rings (SSSR count). The van der Waals surface area contributed by atoms with Gasteiger partial charge in [0.25, 0.3) is 0 Å². The molecule has 4 aromatic rings. The Morgan fingerprint density at radius 2 is 1.97 bits per heavy atom. The van der Waals surface area contributed by atoms with Crippen LogP contribution in [0.3, 0.4) is 0 Å². The minimum absolute atomic E-state index is 0.153. The van der Waals surface area contributed by atoms with E-state index in [4.69, 9.17) is 15.6 Å². The van der Waals surface area contributed by atoms with Crippen LogP contribution < -0.4 is 21.9 Å². The number of pyridine rings is 1. The molecule has 0 aliphatic heterocycles. The zero-order valence-corrected chi connectivity index (χ0v) is 18.1. The van der Waals surface area contributed by atoms with Crippen molar-refractivity contribution in [1.29, 1.82) is 0 Å². The van der Waals surface area contributed by atoms with Gasteiger partial charge in [0, 0.05) is 17.3 Å². The molecule has 33 heavy (non-hydrogen) atoms. The second kappa shape index (κ2) is 8.58. The minimum atomic E-state index is -1.03. The normalized spacial score (nSPS) is 11.8. The highest BCUT2D eigenvalue weighted by atomic mass is 16.4. The molecule has 0 fully saturated rings. The lowest BCUT2D eigenvalue weighted by molar-refractivity contribution is -0.104. The van der Waals surface area contributed by atoms with Crippen LogP contribution in [0.25, 0.3) is 22.4 Å². The van der Waals surface area contributed by atoms with Gasteiger partial charge in [0.05, 0.1) is 22.6 Å². The average Bonchev–Trinajstić information content (AvgIpc) is 2.79. The number of carboxylic acids is 1. The Labute approximate surface area is 189 Å². The summed E-state index contributed by atoms with van der Waals surface area (Å²) in [6.07, 6.45) is 1.35. The van der Waals surface area contributed by atoms with Crippen LogP contribution >= 0.6 is 0 Å². The molecule has 2 heterocycles. The topological polar surface area (TPSA) is 144 Å². The minimum Gasteiger partial charge on any atom is -0.478 e. The van der Waals surface area contributed by atoms with Crippen LogP contribution in [0.5, 0.6) is 0 Å². The van der Waals surface area contributed by atoms with E-state index in [1.54, 1.807) is 36.4 Å². The van der Waals surface area contributed by atoms with Crippen molar-refractivity contribution in [2.75, 3.05) is 11.1 Å². The number of carboxylic acid groups (broad SMARTS) is 1. The summed E-state index contributed by atoms with van der Waals surface area (Å²) in [5.74, 6) is -0.539. The van der Waals surface area contributed by atoms with Gasteiger partial charge in [-0.2, -0.15) is 0 Å². The Balaban J connectivity index is 1.85. The molecule has 0 aliphatic rings. The summed E-state index contributed by atoms with van der Waals surface area (Å²) in [6.45, 7) is 3.76. The van der Waals surface area contributed by atoms with Crippen molar-refractivity contribution in [1.82, 2.24) is 4.98 Å². The SMILES string of the molecule is Cc1cc(C(C)Nc2ccccc2C(=O)O)c2oc(-c3ccc(C=[NH2+])c(N)n3)cc(=O)c2c1. The lowest BCUT2D eigenvalue weighted by Crippen LogP contribution is -2.30. The summed E-state index contributed by atoms with van der Waals surface area (Å²) in [6, 6.07) is 14.7. The molecule has 0 spiro atoms. The van der Waals surface area contributed by atoms with Crippen LogP contribution in [0.4, 0.5) is 11.5 Å². The fourth-order valence-corrected chi connectivity index (χ4v) is 3.75. The molecule has 1 unspecified atom stereocenters. The van der Waals surface area contributed by atoms with E-state index >= 15 is 0 Å². The number of hydrogen-bond acceptors (Lipinski definition) is 6. The molecular weight excluding hydrogens is 420 g/mol. The van der Waals surface area contributed by atoms with Crippen molar-refractivity contribution in [2.45, 2.75) is 19.9 Å². The number of nitrogens with one attached hydrogen (secondary N) is 1. The van der Waals surface area contributed by atoms with E-state index in [2.05, 4.69) is 10.3 Å². The van der Waals surface area contributed by atoms with E-state index in [1.165, 1.54) is 18.3 Å². The molecule has 8 nitrogen and oxygen atoms in total. The maximum atomic E-state index is 13.0. The second-order valence-corrected chi connectivity index (χ2v) is 7.76. The molecular formula is C25H23N4O4+. The van der Waals surface area contributed by atoms with Crippen LogP contribution in [0.2, 0.25) is 0 Å². The third kappa shape index (κ3) is 4.18. The number of para-hydroxylation sites is 1. The van der Waals surface area contributed by atoms with Gasteiger partial charge in [-0.05, 0) is 49.7 Å². The number of anilines is 2. The quantitative estimate of drug-likeness (QED) is 0.335. The van der Waals surface area contributed by atoms with Gasteiger partial charge < -0.3 is 20.6 Å². The Hall–Kier alpha value is -4.46. The molecule has 0 amide bonds. The predicted molar refractivity (Wildman–Crippen MR) is 127 cm³/mol. The smallest absolute Gasteiger partial charge is 0.337 e. The Morgan fingerprint density at radius 3 is 2.67 bits per heavy atom. The van der Waals surface area contributed by atoms with Crippen molar-refractivity contribution in [2.24, 2.45) is 0 Å². The van der Waals surface area contributed by atoms with E-state index in [0.29, 0.717) is 33.5 Å². The number of aryl methyl sites for hydroxylation is 1. The van der Waals surface area contributed by atoms with Crippen molar-refractivity contribution < 1.29 is 19.7 Å². The summed E-state index contributed by atoms with van der Waals surface area (Å²) in [4.78, 5) is 28.9.